The van der Waals surface area contributed by atoms with Gasteiger partial charge in [0.1, 0.15) is 0 Å². The molecule has 4 aliphatic carbocycles. The lowest BCUT2D eigenvalue weighted by Gasteiger charge is -2.58. The highest BCUT2D eigenvalue weighted by atomic mass is 32.1. The number of aliphatic imine (C=N–C) groups is 1. The second-order valence-corrected chi connectivity index (χ2v) is 13.0. The maximum Gasteiger partial charge on any atom is 0.206 e. The van der Waals surface area contributed by atoms with Crippen LogP contribution in [0.3, 0.4) is 0 Å². The van der Waals surface area contributed by atoms with Gasteiger partial charge in [-0.05, 0) is 104 Å². The Labute approximate surface area is 202 Å². The molecule has 0 aromatic heterocycles. The number of hydrazine groups is 1. The van der Waals surface area contributed by atoms with E-state index < -0.39 is 0 Å². The molecule has 7 atom stereocenters. The summed E-state index contributed by atoms with van der Waals surface area (Å²) >= 11 is 5.19. The first-order valence-electron chi connectivity index (χ1n) is 13.5. The molecule has 4 rings (SSSR count). The average molecular weight is 458 g/mol. The predicted octanol–water partition coefficient (Wildman–Crippen LogP) is 7.22. The van der Waals surface area contributed by atoms with E-state index in [4.69, 9.17) is 18.1 Å². The molecule has 32 heavy (non-hydrogen) atoms. The molecule has 0 saturated heterocycles. The van der Waals surface area contributed by atoms with Crippen LogP contribution in [0.15, 0.2) is 16.6 Å². The number of hydrogen-bond acceptors (Lipinski definition) is 2. The zero-order valence-electron chi connectivity index (χ0n) is 21.3. The molecule has 0 spiro atoms. The molecular formula is C28H47N3S. The zero-order valence-corrected chi connectivity index (χ0v) is 22.1. The summed E-state index contributed by atoms with van der Waals surface area (Å²) in [5.41, 5.74) is 6.31. The summed E-state index contributed by atoms with van der Waals surface area (Å²) in [6.45, 7) is 12.6. The van der Waals surface area contributed by atoms with Crippen LogP contribution in [0.1, 0.15) is 105 Å². The summed E-state index contributed by atoms with van der Waals surface area (Å²) in [7, 11) is 0. The Hall–Kier alpha value is -0.740. The summed E-state index contributed by atoms with van der Waals surface area (Å²) < 4.78 is 0. The standard InChI is InChI=1S/C28H47N3S/c1-18(2)7-6-8-19(3)23-11-12-24-22-10-9-20-17-21(30-26(32)31-29)13-15-27(20,4)25(22)14-16-28(23,24)5/h9,18-19,22-25H,6-8,10-17,29H2,1-5H3,(H,31,32)/t19-,22+,23-,24+,25+,27+,28-/m1/s1. The van der Waals surface area contributed by atoms with Gasteiger partial charge < -0.3 is 0 Å². The lowest BCUT2D eigenvalue weighted by atomic mass is 9.47. The Morgan fingerprint density at radius 2 is 1.94 bits per heavy atom. The van der Waals surface area contributed by atoms with Crippen molar-refractivity contribution in [2.24, 2.45) is 57.2 Å². The van der Waals surface area contributed by atoms with Crippen molar-refractivity contribution in [3.8, 4) is 0 Å². The van der Waals surface area contributed by atoms with Crippen molar-refractivity contribution in [2.45, 2.75) is 105 Å². The molecule has 0 radical (unpaired) electrons. The van der Waals surface area contributed by atoms with Gasteiger partial charge in [-0.25, -0.2) is 10.8 Å². The molecule has 0 aliphatic heterocycles. The average Bonchev–Trinajstić information content (AvgIpc) is 3.11. The fourth-order valence-corrected chi connectivity index (χ4v) is 8.91. The van der Waals surface area contributed by atoms with E-state index in [-0.39, 0.29) is 0 Å². The number of nitrogens with two attached hydrogens (primary N) is 1. The number of rotatable bonds is 5. The first-order chi connectivity index (χ1) is 15.2. The van der Waals surface area contributed by atoms with Crippen LogP contribution >= 0.6 is 12.2 Å². The molecule has 4 heteroatoms. The van der Waals surface area contributed by atoms with Crippen LogP contribution in [0.5, 0.6) is 0 Å². The Morgan fingerprint density at radius 3 is 2.66 bits per heavy atom. The molecule has 0 unspecified atom stereocenters. The molecule has 3 N–H and O–H groups in total. The highest BCUT2D eigenvalue weighted by Crippen LogP contribution is 2.67. The van der Waals surface area contributed by atoms with E-state index in [1.54, 1.807) is 5.57 Å². The van der Waals surface area contributed by atoms with Crippen molar-refractivity contribution in [3.05, 3.63) is 11.6 Å². The second-order valence-electron chi connectivity index (χ2n) is 12.6. The quantitative estimate of drug-likeness (QED) is 0.198. The molecule has 0 aromatic carbocycles. The Morgan fingerprint density at radius 1 is 1.16 bits per heavy atom. The van der Waals surface area contributed by atoms with E-state index in [2.05, 4.69) is 51.1 Å². The molecule has 0 heterocycles. The lowest BCUT2D eigenvalue weighted by molar-refractivity contribution is -0.0468. The maximum atomic E-state index is 5.46. The van der Waals surface area contributed by atoms with Gasteiger partial charge in [0.25, 0.3) is 0 Å². The number of allylic oxidation sites excluding steroid dienone is 2. The number of fused-ring (bicyclic) bond motifs is 5. The first-order valence-corrected chi connectivity index (χ1v) is 13.9. The largest absolute Gasteiger partial charge is 0.299 e. The third kappa shape index (κ3) is 4.35. The first kappa shape index (κ1) is 24.4. The predicted molar refractivity (Wildman–Crippen MR) is 140 cm³/mol. The van der Waals surface area contributed by atoms with Gasteiger partial charge in [-0.1, -0.05) is 65.5 Å². The van der Waals surface area contributed by atoms with Gasteiger partial charge >= 0.3 is 0 Å². The summed E-state index contributed by atoms with van der Waals surface area (Å²) in [6, 6.07) is 0. The van der Waals surface area contributed by atoms with Crippen molar-refractivity contribution in [1.82, 2.24) is 5.43 Å². The van der Waals surface area contributed by atoms with E-state index in [9.17, 15) is 0 Å². The molecular weight excluding hydrogens is 410 g/mol. The monoisotopic (exact) mass is 457 g/mol. The highest BCUT2D eigenvalue weighted by Gasteiger charge is 2.58. The van der Waals surface area contributed by atoms with Gasteiger partial charge in [0.2, 0.25) is 5.11 Å². The minimum absolute atomic E-state index is 0.363. The third-order valence-electron chi connectivity index (χ3n) is 10.5. The fraction of sp³-hybridized carbons (Fsp3) is 0.857. The Balaban J connectivity index is 1.48. The van der Waals surface area contributed by atoms with E-state index >= 15 is 0 Å². The summed E-state index contributed by atoms with van der Waals surface area (Å²) in [5, 5.41) is 0.422. The van der Waals surface area contributed by atoms with Crippen molar-refractivity contribution in [2.75, 3.05) is 0 Å². The number of nitrogens with one attached hydrogen (secondary N) is 1. The van der Waals surface area contributed by atoms with E-state index in [0.29, 0.717) is 15.9 Å². The topological polar surface area (TPSA) is 50.4 Å². The van der Waals surface area contributed by atoms with Gasteiger partial charge in [0, 0.05) is 12.1 Å². The molecule has 0 aromatic rings. The maximum absolute atomic E-state index is 5.46. The summed E-state index contributed by atoms with van der Waals surface area (Å²) in [6.07, 6.45) is 17.3. The Kier molecular flexibility index (Phi) is 7.23. The zero-order chi connectivity index (χ0) is 23.1. The highest BCUT2D eigenvalue weighted by molar-refractivity contribution is 7.80. The molecule has 0 bridgehead atoms. The number of thiocarbonyl (C=S) groups is 1. The van der Waals surface area contributed by atoms with Crippen LogP contribution in [-0.2, 0) is 0 Å². The molecule has 3 saturated carbocycles. The minimum Gasteiger partial charge on any atom is -0.299 e. The van der Waals surface area contributed by atoms with Gasteiger partial charge in [-0.15, -0.1) is 0 Å². The van der Waals surface area contributed by atoms with E-state index in [1.807, 2.05) is 0 Å². The van der Waals surface area contributed by atoms with Crippen LogP contribution in [0.4, 0.5) is 0 Å². The van der Waals surface area contributed by atoms with Gasteiger partial charge in [0.15, 0.2) is 0 Å². The molecule has 3 nitrogen and oxygen atoms in total. The van der Waals surface area contributed by atoms with Crippen molar-refractivity contribution in [3.63, 3.8) is 0 Å². The summed E-state index contributed by atoms with van der Waals surface area (Å²) in [4.78, 5) is 4.58. The van der Waals surface area contributed by atoms with E-state index in [0.717, 1.165) is 48.3 Å². The van der Waals surface area contributed by atoms with Gasteiger partial charge in [0.05, 0.1) is 0 Å². The molecule has 180 valence electrons. The van der Waals surface area contributed by atoms with E-state index in [1.165, 1.54) is 63.5 Å². The number of nitrogens with zero attached hydrogens (tertiary/aromatic N) is 1. The van der Waals surface area contributed by atoms with Crippen LogP contribution in [0.2, 0.25) is 0 Å². The lowest BCUT2D eigenvalue weighted by Crippen LogP contribution is -2.50. The smallest absolute Gasteiger partial charge is 0.206 e. The molecule has 0 amide bonds. The molecule has 4 aliphatic rings. The van der Waals surface area contributed by atoms with Crippen LogP contribution in [0, 0.1) is 46.3 Å². The normalized spacial score (nSPS) is 41.0. The SMILES string of the molecule is CC(C)CCC[C@@H](C)[C@H]1CC[C@H]2[C@@H]3CC=C4CC(=NC(=S)NN)CC[C@]4(C)[C@H]3CC[C@]12C. The summed E-state index contributed by atoms with van der Waals surface area (Å²) in [5.74, 6) is 10.8. The van der Waals surface area contributed by atoms with Crippen molar-refractivity contribution < 1.29 is 0 Å². The van der Waals surface area contributed by atoms with Gasteiger partial charge in [-0.3, -0.25) is 5.43 Å². The van der Waals surface area contributed by atoms with Crippen LogP contribution < -0.4 is 11.3 Å². The number of hydrogen-bond donors (Lipinski definition) is 2. The molecule has 3 fully saturated rings. The third-order valence-corrected chi connectivity index (χ3v) is 10.7. The minimum atomic E-state index is 0.363. The Bertz CT molecular complexity index is 771. The van der Waals surface area contributed by atoms with Crippen LogP contribution in [0.25, 0.3) is 0 Å². The van der Waals surface area contributed by atoms with Gasteiger partial charge in [-0.2, -0.15) is 0 Å². The second kappa shape index (κ2) is 9.49. The fourth-order valence-electron chi connectivity index (χ4n) is 8.78. The van der Waals surface area contributed by atoms with Crippen molar-refractivity contribution >= 4 is 23.0 Å². The van der Waals surface area contributed by atoms with Crippen LogP contribution in [-0.4, -0.2) is 10.8 Å². The van der Waals surface area contributed by atoms with Crippen molar-refractivity contribution in [1.29, 1.82) is 0 Å².